The van der Waals surface area contributed by atoms with Gasteiger partial charge in [0, 0.05) is 32.7 Å². The summed E-state index contributed by atoms with van der Waals surface area (Å²) in [4.78, 5) is 32.2. The molecule has 1 fully saturated rings. The van der Waals surface area contributed by atoms with Gasteiger partial charge in [0.1, 0.15) is 11.4 Å². The monoisotopic (exact) mass is 371 g/mol. The first-order valence-electron chi connectivity index (χ1n) is 9.82. The molecule has 0 spiro atoms. The Labute approximate surface area is 161 Å². The Morgan fingerprint density at radius 2 is 1.63 bits per heavy atom. The Morgan fingerprint density at radius 1 is 0.963 bits per heavy atom. The molecule has 0 radical (unpaired) electrons. The molecule has 2 aliphatic rings. The average molecular weight is 371 g/mol. The Bertz CT molecular complexity index is 719. The van der Waals surface area contributed by atoms with Crippen molar-refractivity contribution < 1.29 is 14.3 Å². The van der Waals surface area contributed by atoms with Gasteiger partial charge in [-0.1, -0.05) is 32.4 Å². The van der Waals surface area contributed by atoms with E-state index in [-0.39, 0.29) is 11.8 Å². The Kier molecular flexibility index (Phi) is 6.16. The maximum atomic E-state index is 13.1. The fourth-order valence-corrected chi connectivity index (χ4v) is 3.68. The second kappa shape index (κ2) is 8.57. The summed E-state index contributed by atoms with van der Waals surface area (Å²) in [5.74, 6) is 0.410. The molecule has 1 aromatic carbocycles. The number of imide groups is 1. The van der Waals surface area contributed by atoms with Gasteiger partial charge >= 0.3 is 0 Å². The number of carbonyl (C=O) groups excluding carboxylic acids is 2. The van der Waals surface area contributed by atoms with Gasteiger partial charge in [-0.05, 0) is 30.7 Å². The fraction of sp³-hybridized carbons (Fsp3) is 0.524. The lowest BCUT2D eigenvalue weighted by Gasteiger charge is -2.36. The predicted octanol–water partition coefficient (Wildman–Crippen LogP) is 2.21. The topological polar surface area (TPSA) is 53.1 Å². The average Bonchev–Trinajstić information content (AvgIpc) is 2.96. The summed E-state index contributed by atoms with van der Waals surface area (Å²) in [6, 6.07) is 7.40. The molecule has 146 valence electrons. The number of rotatable bonds is 7. The molecule has 0 aromatic heterocycles. The third kappa shape index (κ3) is 3.86. The van der Waals surface area contributed by atoms with Crippen molar-refractivity contribution in [1.82, 2.24) is 14.7 Å². The van der Waals surface area contributed by atoms with E-state index in [1.807, 2.05) is 24.3 Å². The number of hydrogen-bond donors (Lipinski definition) is 0. The van der Waals surface area contributed by atoms with Gasteiger partial charge in [0.15, 0.2) is 0 Å². The van der Waals surface area contributed by atoms with E-state index in [0.29, 0.717) is 17.8 Å². The van der Waals surface area contributed by atoms with Crippen LogP contribution >= 0.6 is 0 Å². The summed E-state index contributed by atoms with van der Waals surface area (Å²) >= 11 is 0. The highest BCUT2D eigenvalue weighted by Crippen LogP contribution is 2.33. The summed E-state index contributed by atoms with van der Waals surface area (Å²) in [6.45, 7) is 9.05. The second-order valence-electron chi connectivity index (χ2n) is 6.99. The van der Waals surface area contributed by atoms with Gasteiger partial charge in [-0.3, -0.25) is 14.5 Å². The lowest BCUT2D eigenvalue weighted by Crippen LogP contribution is -2.47. The summed E-state index contributed by atoms with van der Waals surface area (Å²) in [5.41, 5.74) is 1.88. The van der Waals surface area contributed by atoms with Crippen molar-refractivity contribution in [3.05, 3.63) is 35.5 Å². The van der Waals surface area contributed by atoms with Crippen molar-refractivity contribution in [3.8, 4) is 5.75 Å². The number of benzene rings is 1. The molecule has 1 saturated heterocycles. The number of nitrogens with zero attached hydrogens (tertiary/aromatic N) is 3. The van der Waals surface area contributed by atoms with Crippen LogP contribution in [-0.4, -0.2) is 72.9 Å². The van der Waals surface area contributed by atoms with Crippen molar-refractivity contribution in [2.75, 3.05) is 46.4 Å². The minimum absolute atomic E-state index is 0.149. The van der Waals surface area contributed by atoms with E-state index in [9.17, 15) is 9.59 Å². The molecule has 2 aliphatic heterocycles. The van der Waals surface area contributed by atoms with Crippen LogP contribution in [0.1, 0.15) is 32.3 Å². The van der Waals surface area contributed by atoms with Crippen LogP contribution in [0.4, 0.5) is 0 Å². The van der Waals surface area contributed by atoms with Crippen LogP contribution in [-0.2, 0) is 9.59 Å². The molecule has 0 unspecified atom stereocenters. The van der Waals surface area contributed by atoms with E-state index in [1.54, 1.807) is 7.11 Å². The molecular weight excluding hydrogens is 342 g/mol. The van der Waals surface area contributed by atoms with Gasteiger partial charge in [-0.25, -0.2) is 0 Å². The van der Waals surface area contributed by atoms with Crippen molar-refractivity contribution in [2.24, 2.45) is 0 Å². The van der Waals surface area contributed by atoms with Gasteiger partial charge in [-0.15, -0.1) is 0 Å². The van der Waals surface area contributed by atoms with Crippen LogP contribution in [0.2, 0.25) is 0 Å². The summed E-state index contributed by atoms with van der Waals surface area (Å²) in [6.07, 6.45) is 1.77. The number of carbonyl (C=O) groups is 2. The predicted molar refractivity (Wildman–Crippen MR) is 105 cm³/mol. The van der Waals surface area contributed by atoms with Crippen LogP contribution in [0.3, 0.4) is 0 Å². The molecule has 1 aromatic rings. The number of unbranched alkanes of at least 4 members (excludes halogenated alkanes) is 1. The largest absolute Gasteiger partial charge is 0.497 e. The maximum Gasteiger partial charge on any atom is 0.277 e. The third-order valence-corrected chi connectivity index (χ3v) is 5.39. The lowest BCUT2D eigenvalue weighted by atomic mass is 10.0. The van der Waals surface area contributed by atoms with E-state index in [0.717, 1.165) is 56.9 Å². The zero-order valence-corrected chi connectivity index (χ0v) is 16.5. The maximum absolute atomic E-state index is 13.1. The van der Waals surface area contributed by atoms with E-state index >= 15 is 0 Å². The molecule has 6 heteroatoms. The van der Waals surface area contributed by atoms with E-state index in [2.05, 4.69) is 23.6 Å². The number of likely N-dealkylation sites (N-methyl/N-ethyl adjacent to an activating group) is 1. The minimum Gasteiger partial charge on any atom is -0.497 e. The number of amides is 2. The van der Waals surface area contributed by atoms with Gasteiger partial charge < -0.3 is 14.5 Å². The van der Waals surface area contributed by atoms with E-state index < -0.39 is 0 Å². The fourth-order valence-electron chi connectivity index (χ4n) is 3.68. The summed E-state index contributed by atoms with van der Waals surface area (Å²) < 4.78 is 5.23. The van der Waals surface area contributed by atoms with Crippen LogP contribution < -0.4 is 4.74 Å². The highest BCUT2D eigenvalue weighted by molar-refractivity contribution is 6.35. The number of ether oxygens (including phenoxy) is 1. The van der Waals surface area contributed by atoms with Gasteiger partial charge in [0.05, 0.1) is 12.7 Å². The molecular formula is C21H29N3O3. The van der Waals surface area contributed by atoms with Gasteiger partial charge in [0.2, 0.25) is 0 Å². The van der Waals surface area contributed by atoms with Gasteiger partial charge in [-0.2, -0.15) is 0 Å². The van der Waals surface area contributed by atoms with Gasteiger partial charge in [0.25, 0.3) is 11.8 Å². The highest BCUT2D eigenvalue weighted by Gasteiger charge is 2.41. The van der Waals surface area contributed by atoms with Crippen molar-refractivity contribution in [2.45, 2.75) is 26.7 Å². The third-order valence-electron chi connectivity index (χ3n) is 5.39. The zero-order valence-electron chi connectivity index (χ0n) is 16.5. The van der Waals surface area contributed by atoms with Crippen LogP contribution in [0.25, 0.3) is 5.57 Å². The molecule has 3 rings (SSSR count). The van der Waals surface area contributed by atoms with Crippen LogP contribution in [0.5, 0.6) is 5.75 Å². The highest BCUT2D eigenvalue weighted by atomic mass is 16.5. The number of piperazine rings is 1. The Morgan fingerprint density at radius 3 is 2.19 bits per heavy atom. The Balaban J connectivity index is 1.96. The second-order valence-corrected chi connectivity index (χ2v) is 6.99. The first kappa shape index (κ1) is 19.4. The first-order valence-corrected chi connectivity index (χ1v) is 9.82. The first-order chi connectivity index (χ1) is 13.1. The lowest BCUT2D eigenvalue weighted by molar-refractivity contribution is -0.137. The van der Waals surface area contributed by atoms with E-state index in [1.165, 1.54) is 4.90 Å². The molecule has 27 heavy (non-hydrogen) atoms. The molecule has 2 heterocycles. The number of methoxy groups -OCH3 is 1. The van der Waals surface area contributed by atoms with Crippen molar-refractivity contribution in [3.63, 3.8) is 0 Å². The molecule has 0 bridgehead atoms. The van der Waals surface area contributed by atoms with Crippen molar-refractivity contribution in [1.29, 1.82) is 0 Å². The standard InChI is InChI=1S/C21H29N3O3/c1-4-6-11-24-20(25)18(16-7-9-17(27-3)10-8-16)19(21(24)26)23-14-12-22(5-2)13-15-23/h7-10H,4-6,11-15H2,1-3H3. The smallest absolute Gasteiger partial charge is 0.277 e. The normalized spacial score (nSPS) is 18.6. The number of hydrogen-bond acceptors (Lipinski definition) is 5. The van der Waals surface area contributed by atoms with Crippen molar-refractivity contribution >= 4 is 17.4 Å². The minimum atomic E-state index is -0.175. The quantitative estimate of drug-likeness (QED) is 0.688. The van der Waals surface area contributed by atoms with Crippen LogP contribution in [0.15, 0.2) is 30.0 Å². The Hall–Kier alpha value is -2.34. The summed E-state index contributed by atoms with van der Waals surface area (Å²) in [5, 5.41) is 0. The SMILES string of the molecule is CCCCN1C(=O)C(c2ccc(OC)cc2)=C(N2CCN(CC)CC2)C1=O. The zero-order chi connectivity index (χ0) is 19.4. The molecule has 6 nitrogen and oxygen atoms in total. The summed E-state index contributed by atoms with van der Waals surface area (Å²) in [7, 11) is 1.61. The molecule has 0 saturated carbocycles. The molecule has 0 N–H and O–H groups in total. The van der Waals surface area contributed by atoms with E-state index in [4.69, 9.17) is 4.74 Å². The molecule has 0 aliphatic carbocycles. The molecule has 2 amide bonds. The molecule has 0 atom stereocenters. The van der Waals surface area contributed by atoms with Crippen LogP contribution in [0, 0.1) is 0 Å².